The molecule has 0 aliphatic carbocycles. The molecule has 0 saturated carbocycles. The van der Waals surface area contributed by atoms with Crippen LogP contribution in [0.4, 0.5) is 10.7 Å². The third kappa shape index (κ3) is 6.02. The van der Waals surface area contributed by atoms with Gasteiger partial charge < -0.3 is 19.3 Å². The van der Waals surface area contributed by atoms with Crippen LogP contribution >= 0.6 is 0 Å². The van der Waals surface area contributed by atoms with Crippen LogP contribution in [0.1, 0.15) is 31.2 Å². The van der Waals surface area contributed by atoms with E-state index in [1.54, 1.807) is 4.90 Å². The predicted octanol–water partition coefficient (Wildman–Crippen LogP) is 0.919. The quantitative estimate of drug-likeness (QED) is 0.693. The van der Waals surface area contributed by atoms with E-state index in [9.17, 15) is 13.2 Å². The lowest BCUT2D eigenvalue weighted by molar-refractivity contribution is -0.0181. The first-order chi connectivity index (χ1) is 14.3. The molecule has 2 fully saturated rings. The molecule has 30 heavy (non-hydrogen) atoms. The van der Waals surface area contributed by atoms with Crippen LogP contribution in [0.5, 0.6) is 0 Å². The van der Waals surface area contributed by atoms with Crippen molar-refractivity contribution in [2.24, 2.45) is 0 Å². The fourth-order valence-corrected chi connectivity index (χ4v) is 4.85. The highest BCUT2D eigenvalue weighted by Crippen LogP contribution is 2.23. The highest BCUT2D eigenvalue weighted by Gasteiger charge is 2.37. The molecule has 0 unspecified atom stereocenters. The summed E-state index contributed by atoms with van der Waals surface area (Å²) < 4.78 is 37.3. The van der Waals surface area contributed by atoms with Crippen LogP contribution in [0, 0.1) is 6.92 Å². The third-order valence-corrected chi connectivity index (χ3v) is 6.28. The number of amides is 1. The summed E-state index contributed by atoms with van der Waals surface area (Å²) in [6.45, 7) is 4.30. The zero-order valence-corrected chi connectivity index (χ0v) is 18.6. The maximum Gasteiger partial charge on any atom is 0.409 e. The highest BCUT2D eigenvalue weighted by molar-refractivity contribution is 7.88. The van der Waals surface area contributed by atoms with Crippen LogP contribution in [0.25, 0.3) is 0 Å². The topological polar surface area (TPSA) is 114 Å². The van der Waals surface area contributed by atoms with E-state index in [2.05, 4.69) is 19.6 Å². The number of carbonyl (C=O) groups is 1. The molecular formula is C19H31N5O5S. The Balaban J connectivity index is 1.58. The van der Waals surface area contributed by atoms with Gasteiger partial charge in [-0.1, -0.05) is 0 Å². The van der Waals surface area contributed by atoms with Gasteiger partial charge in [-0.15, -0.1) is 0 Å². The summed E-state index contributed by atoms with van der Waals surface area (Å²) in [5, 5.41) is 0. The van der Waals surface area contributed by atoms with Gasteiger partial charge in [0.25, 0.3) is 0 Å². The lowest BCUT2D eigenvalue weighted by Crippen LogP contribution is -2.59. The molecule has 1 aromatic heterocycles. The summed E-state index contributed by atoms with van der Waals surface area (Å²) in [4.78, 5) is 24.7. The van der Waals surface area contributed by atoms with Crippen LogP contribution in [0.15, 0.2) is 12.4 Å². The van der Waals surface area contributed by atoms with Crippen LogP contribution in [0.2, 0.25) is 0 Å². The van der Waals surface area contributed by atoms with E-state index in [0.29, 0.717) is 19.4 Å². The van der Waals surface area contributed by atoms with Crippen molar-refractivity contribution >= 4 is 22.1 Å². The Morgan fingerprint density at radius 1 is 1.20 bits per heavy atom. The van der Waals surface area contributed by atoms with Crippen molar-refractivity contribution in [1.82, 2.24) is 19.6 Å². The summed E-state index contributed by atoms with van der Waals surface area (Å²) in [5.41, 5.74) is 1.02. The Labute approximate surface area is 178 Å². The Hall–Kier alpha value is -1.98. The van der Waals surface area contributed by atoms with Gasteiger partial charge in [0.05, 0.1) is 32.1 Å². The Bertz CT molecular complexity index is 811. The van der Waals surface area contributed by atoms with Gasteiger partial charge in [-0.25, -0.2) is 27.9 Å². The van der Waals surface area contributed by atoms with Gasteiger partial charge in [-0.05, 0) is 38.2 Å². The number of sulfonamides is 1. The fourth-order valence-electron chi connectivity index (χ4n) is 4.03. The van der Waals surface area contributed by atoms with Crippen molar-refractivity contribution in [3.8, 4) is 0 Å². The summed E-state index contributed by atoms with van der Waals surface area (Å²) in [6, 6.07) is -0.798. The zero-order chi connectivity index (χ0) is 21.7. The Morgan fingerprint density at radius 3 is 2.47 bits per heavy atom. The molecule has 0 spiro atoms. The average Bonchev–Trinajstić information content (AvgIpc) is 2.72. The van der Waals surface area contributed by atoms with Crippen LogP contribution in [-0.4, -0.2) is 87.2 Å². The van der Waals surface area contributed by atoms with Crippen molar-refractivity contribution in [3.63, 3.8) is 0 Å². The molecule has 2 atom stereocenters. The molecule has 2 saturated heterocycles. The van der Waals surface area contributed by atoms with E-state index in [4.69, 9.17) is 9.47 Å². The maximum absolute atomic E-state index is 12.2. The van der Waals surface area contributed by atoms with Gasteiger partial charge in [0, 0.05) is 38.1 Å². The van der Waals surface area contributed by atoms with Crippen molar-refractivity contribution in [3.05, 3.63) is 18.0 Å². The number of piperidine rings is 2. The number of aryl methyl sites for hydroxylation is 1. The van der Waals surface area contributed by atoms with E-state index in [1.807, 2.05) is 19.3 Å². The van der Waals surface area contributed by atoms with Crippen molar-refractivity contribution in [2.45, 2.75) is 50.8 Å². The predicted molar refractivity (Wildman–Crippen MR) is 112 cm³/mol. The monoisotopic (exact) mass is 441 g/mol. The molecule has 1 amide bonds. The van der Waals surface area contributed by atoms with E-state index in [1.165, 1.54) is 7.11 Å². The fraction of sp³-hybridized carbons (Fsp3) is 0.737. The number of likely N-dealkylation sites (tertiary alicyclic amines) is 1. The SMILES string of the molecule is COC(=O)N1CCC[C@H](NS(C)(=O)=O)[C@@H]1COC1CCN(c2ncc(C)cn2)CC1. The summed E-state index contributed by atoms with van der Waals surface area (Å²) >= 11 is 0. The minimum atomic E-state index is -3.40. The first-order valence-corrected chi connectivity index (χ1v) is 12.1. The average molecular weight is 442 g/mol. The molecule has 11 heteroatoms. The van der Waals surface area contributed by atoms with Gasteiger partial charge in [0.1, 0.15) is 0 Å². The van der Waals surface area contributed by atoms with Crippen molar-refractivity contribution < 1.29 is 22.7 Å². The molecule has 0 bridgehead atoms. The van der Waals surface area contributed by atoms with Crippen LogP contribution in [-0.2, 0) is 19.5 Å². The zero-order valence-electron chi connectivity index (χ0n) is 17.8. The van der Waals surface area contributed by atoms with Crippen molar-refractivity contribution in [1.29, 1.82) is 0 Å². The molecule has 1 N–H and O–H groups in total. The molecule has 3 rings (SSSR count). The highest BCUT2D eigenvalue weighted by atomic mass is 32.2. The molecule has 1 aromatic rings. The summed E-state index contributed by atoms with van der Waals surface area (Å²) in [5.74, 6) is 0.723. The number of methoxy groups -OCH3 is 1. The number of hydrogen-bond acceptors (Lipinski definition) is 8. The number of rotatable bonds is 6. The van der Waals surface area contributed by atoms with Gasteiger partial charge in [0.15, 0.2) is 0 Å². The number of nitrogens with zero attached hydrogens (tertiary/aromatic N) is 4. The molecule has 168 valence electrons. The number of anilines is 1. The van der Waals surface area contributed by atoms with Gasteiger partial charge in [0.2, 0.25) is 16.0 Å². The van der Waals surface area contributed by atoms with Gasteiger partial charge in [-0.2, -0.15) is 0 Å². The number of ether oxygens (including phenoxy) is 2. The molecule has 10 nitrogen and oxygen atoms in total. The van der Waals surface area contributed by atoms with E-state index >= 15 is 0 Å². The summed E-state index contributed by atoms with van der Waals surface area (Å²) in [7, 11) is -2.07. The molecular weight excluding hydrogens is 410 g/mol. The number of hydrogen-bond donors (Lipinski definition) is 1. The second-order valence-electron chi connectivity index (χ2n) is 7.95. The first-order valence-electron chi connectivity index (χ1n) is 10.2. The standard InChI is InChI=1S/C19H31N5O5S/c1-14-11-20-18(21-12-14)23-9-6-15(7-10-23)29-13-17-16(22-30(3,26)27)5-4-8-24(17)19(25)28-2/h11-12,15-17,22H,4-10,13H2,1-3H3/t16-,17-/m0/s1. The van der Waals surface area contributed by atoms with E-state index < -0.39 is 28.2 Å². The number of nitrogens with one attached hydrogen (secondary N) is 1. The largest absolute Gasteiger partial charge is 0.453 e. The van der Waals surface area contributed by atoms with Crippen LogP contribution in [0.3, 0.4) is 0 Å². The number of carbonyl (C=O) groups excluding carboxylic acids is 1. The first kappa shape index (κ1) is 22.7. The van der Waals surface area contributed by atoms with Crippen LogP contribution < -0.4 is 9.62 Å². The third-order valence-electron chi connectivity index (χ3n) is 5.55. The Kier molecular flexibility index (Phi) is 7.48. The summed E-state index contributed by atoms with van der Waals surface area (Å²) in [6.07, 6.45) is 7.30. The number of aromatic nitrogens is 2. The van der Waals surface area contributed by atoms with E-state index in [0.717, 1.165) is 43.7 Å². The van der Waals surface area contributed by atoms with E-state index in [-0.39, 0.29) is 12.7 Å². The molecule has 0 aromatic carbocycles. The molecule has 0 radical (unpaired) electrons. The van der Waals surface area contributed by atoms with Crippen molar-refractivity contribution in [2.75, 3.05) is 44.5 Å². The second-order valence-corrected chi connectivity index (χ2v) is 9.73. The second kappa shape index (κ2) is 9.88. The Morgan fingerprint density at radius 2 is 1.87 bits per heavy atom. The lowest BCUT2D eigenvalue weighted by Gasteiger charge is -2.41. The smallest absolute Gasteiger partial charge is 0.409 e. The minimum Gasteiger partial charge on any atom is -0.453 e. The molecule has 2 aliphatic rings. The molecule has 2 aliphatic heterocycles. The lowest BCUT2D eigenvalue weighted by atomic mass is 9.97. The molecule has 3 heterocycles. The van der Waals surface area contributed by atoms with Gasteiger partial charge >= 0.3 is 6.09 Å². The van der Waals surface area contributed by atoms with Gasteiger partial charge in [-0.3, -0.25) is 0 Å². The normalized spacial score (nSPS) is 23.4. The maximum atomic E-state index is 12.2. The minimum absolute atomic E-state index is 0.0343.